The monoisotopic (exact) mass is 553 g/mol. The highest BCUT2D eigenvalue weighted by molar-refractivity contribution is 5.92. The number of guanidine groups is 1. The molecule has 0 bridgehead atoms. The first kappa shape index (κ1) is 32.1. The van der Waals surface area contributed by atoms with Crippen LogP contribution in [0.3, 0.4) is 0 Å². The van der Waals surface area contributed by atoms with Gasteiger partial charge in [-0.25, -0.2) is 14.2 Å². The van der Waals surface area contributed by atoms with Crippen molar-refractivity contribution in [2.75, 3.05) is 6.61 Å². The van der Waals surface area contributed by atoms with E-state index in [2.05, 4.69) is 15.6 Å². The summed E-state index contributed by atoms with van der Waals surface area (Å²) >= 11 is 0. The lowest BCUT2D eigenvalue weighted by Crippen LogP contribution is -2.60. The average molecular weight is 553 g/mol. The van der Waals surface area contributed by atoms with E-state index in [9.17, 15) is 42.5 Å². The predicted octanol–water partition coefficient (Wildman–Crippen LogP) is -1.78. The third kappa shape index (κ3) is 9.83. The minimum absolute atomic E-state index is 0.152. The number of carbonyl (C=O) groups excluding carboxylic acids is 2. The van der Waals surface area contributed by atoms with Gasteiger partial charge in [0.2, 0.25) is 5.91 Å². The Balaban J connectivity index is 0.000000905. The number of carboxylic acid groups (broad SMARTS) is 1. The van der Waals surface area contributed by atoms with Crippen LogP contribution in [0.1, 0.15) is 12.5 Å². The molecule has 0 fully saturated rings. The number of aliphatic carboxylic acids is 1. The molecule has 1 aromatic carbocycles. The van der Waals surface area contributed by atoms with Crippen molar-refractivity contribution in [1.82, 2.24) is 10.6 Å². The number of hydrogen-bond acceptors (Lipinski definition) is 8. The molecule has 0 aliphatic carbocycles. The SMILES string of the molecule is CC(=O)N[C@H]1[C@H]([C@H](O)[C@H](O)CO)OC(C(=O)NCc2ccccc2F)=C[C@@H]1N=C(N)N.O=C(O)C(F)(F)F. The molecule has 0 unspecified atom stereocenters. The molecule has 13 nitrogen and oxygen atoms in total. The van der Waals surface area contributed by atoms with E-state index in [4.69, 9.17) is 26.1 Å². The lowest BCUT2D eigenvalue weighted by atomic mass is 9.92. The van der Waals surface area contributed by atoms with E-state index >= 15 is 0 Å². The summed E-state index contributed by atoms with van der Waals surface area (Å²) in [5.74, 6) is -5.23. The summed E-state index contributed by atoms with van der Waals surface area (Å²) in [4.78, 5) is 37.1. The predicted molar refractivity (Wildman–Crippen MR) is 121 cm³/mol. The number of ether oxygens (including phenoxy) is 1. The van der Waals surface area contributed by atoms with E-state index in [0.717, 1.165) is 0 Å². The number of halogens is 4. The molecule has 17 heteroatoms. The van der Waals surface area contributed by atoms with Crippen molar-refractivity contribution >= 4 is 23.7 Å². The molecule has 1 heterocycles. The van der Waals surface area contributed by atoms with E-state index in [0.29, 0.717) is 0 Å². The number of carboxylic acids is 1. The molecule has 38 heavy (non-hydrogen) atoms. The van der Waals surface area contributed by atoms with E-state index in [1.54, 1.807) is 6.07 Å². The van der Waals surface area contributed by atoms with Crippen LogP contribution in [0.15, 0.2) is 41.1 Å². The molecule has 0 radical (unpaired) electrons. The lowest BCUT2D eigenvalue weighted by Gasteiger charge is -2.39. The highest BCUT2D eigenvalue weighted by Gasteiger charge is 2.43. The number of alkyl halides is 3. The molecule has 0 aromatic heterocycles. The van der Waals surface area contributed by atoms with Gasteiger partial charge in [-0.3, -0.25) is 9.59 Å². The van der Waals surface area contributed by atoms with Gasteiger partial charge in [0, 0.05) is 19.0 Å². The molecule has 0 saturated heterocycles. The minimum atomic E-state index is -5.08. The van der Waals surface area contributed by atoms with Gasteiger partial charge in [0.1, 0.15) is 24.1 Å². The average Bonchev–Trinajstić information content (AvgIpc) is 2.82. The lowest BCUT2D eigenvalue weighted by molar-refractivity contribution is -0.192. The maximum atomic E-state index is 13.8. The van der Waals surface area contributed by atoms with Gasteiger partial charge in [-0.1, -0.05) is 18.2 Å². The Bertz CT molecular complexity index is 1050. The zero-order valence-corrected chi connectivity index (χ0v) is 19.7. The van der Waals surface area contributed by atoms with Gasteiger partial charge < -0.3 is 47.3 Å². The fourth-order valence-corrected chi connectivity index (χ4v) is 3.05. The number of nitrogens with one attached hydrogen (secondary N) is 2. The summed E-state index contributed by atoms with van der Waals surface area (Å²) in [5.41, 5.74) is 11.1. The molecule has 1 aliphatic rings. The standard InChI is InChI=1S/C19H26FN5O6.C2HF3O2/c1-9(27)24-15-12(25-19(21)22)6-14(31-17(15)16(29)13(28)8-26)18(30)23-7-10-4-2-3-5-11(10)20;3-2(4,5)1(6)7/h2-6,12-13,15-17,26,28-29H,7-8H2,1H3,(H,23,30)(H,24,27)(H4,21,22,25);(H,6,7)/t12-,13+,15+,16+,17+;/m0./s1. The Morgan fingerprint density at radius 3 is 2.24 bits per heavy atom. The molecule has 10 N–H and O–H groups in total. The summed E-state index contributed by atoms with van der Waals surface area (Å²) < 4.78 is 51.1. The maximum Gasteiger partial charge on any atom is 0.490 e. The van der Waals surface area contributed by atoms with E-state index in [-0.39, 0.29) is 23.8 Å². The van der Waals surface area contributed by atoms with Gasteiger partial charge in [-0.15, -0.1) is 0 Å². The van der Waals surface area contributed by atoms with Crippen molar-refractivity contribution in [1.29, 1.82) is 0 Å². The Labute approximate surface area is 212 Å². The van der Waals surface area contributed by atoms with Crippen molar-refractivity contribution in [3.8, 4) is 0 Å². The summed E-state index contributed by atoms with van der Waals surface area (Å²) in [7, 11) is 0. The molecule has 5 atom stereocenters. The van der Waals surface area contributed by atoms with Gasteiger partial charge in [-0.2, -0.15) is 13.2 Å². The Kier molecular flexibility index (Phi) is 11.9. The zero-order valence-electron chi connectivity index (χ0n) is 19.7. The number of aliphatic imine (C=N–C) groups is 1. The van der Waals surface area contributed by atoms with Crippen molar-refractivity contribution in [3.63, 3.8) is 0 Å². The Morgan fingerprint density at radius 1 is 1.18 bits per heavy atom. The first-order valence-corrected chi connectivity index (χ1v) is 10.6. The minimum Gasteiger partial charge on any atom is -0.480 e. The molecule has 212 valence electrons. The third-order valence-corrected chi connectivity index (χ3v) is 4.76. The van der Waals surface area contributed by atoms with Crippen LogP contribution in [0.4, 0.5) is 17.6 Å². The van der Waals surface area contributed by atoms with Crippen molar-refractivity contribution in [2.45, 2.75) is 50.0 Å². The molecule has 2 rings (SSSR count). The number of aliphatic hydroxyl groups excluding tert-OH is 3. The van der Waals surface area contributed by atoms with Crippen LogP contribution in [0.5, 0.6) is 0 Å². The van der Waals surface area contributed by atoms with E-state index in [1.165, 1.54) is 31.2 Å². The highest BCUT2D eigenvalue weighted by Crippen LogP contribution is 2.25. The van der Waals surface area contributed by atoms with Crippen molar-refractivity contribution in [3.05, 3.63) is 47.5 Å². The van der Waals surface area contributed by atoms with Crippen molar-refractivity contribution in [2.24, 2.45) is 16.5 Å². The summed E-state index contributed by atoms with van der Waals surface area (Å²) in [6.45, 7) is 0.249. The second-order valence-corrected chi connectivity index (χ2v) is 7.70. The highest BCUT2D eigenvalue weighted by atomic mass is 19.4. The number of benzene rings is 1. The topological polar surface area (TPSA) is 230 Å². The van der Waals surface area contributed by atoms with Gasteiger partial charge in [-0.05, 0) is 12.1 Å². The summed E-state index contributed by atoms with van der Waals surface area (Å²) in [6.07, 6.45) is -8.59. The molecule has 1 aromatic rings. The van der Waals surface area contributed by atoms with Gasteiger partial charge >= 0.3 is 12.1 Å². The number of hydrogen-bond donors (Lipinski definition) is 8. The van der Waals surface area contributed by atoms with Crippen LogP contribution in [0, 0.1) is 5.82 Å². The number of aliphatic hydroxyl groups is 3. The Hall–Kier alpha value is -3.96. The second-order valence-electron chi connectivity index (χ2n) is 7.70. The van der Waals surface area contributed by atoms with Crippen molar-refractivity contribution < 1.29 is 57.1 Å². The van der Waals surface area contributed by atoms with Crippen LogP contribution >= 0.6 is 0 Å². The first-order valence-electron chi connectivity index (χ1n) is 10.6. The number of nitrogens with two attached hydrogens (primary N) is 2. The first-order chi connectivity index (χ1) is 17.6. The van der Waals surface area contributed by atoms with Gasteiger partial charge in [0.05, 0.1) is 18.7 Å². The molecular formula is C21H27F4N5O8. The number of rotatable bonds is 8. The summed E-state index contributed by atoms with van der Waals surface area (Å²) in [5, 5.41) is 41.6. The maximum absolute atomic E-state index is 13.8. The second kappa shape index (κ2) is 14.1. The van der Waals surface area contributed by atoms with Gasteiger partial charge in [0.15, 0.2) is 11.7 Å². The fourth-order valence-electron chi connectivity index (χ4n) is 3.05. The molecular weight excluding hydrogens is 526 g/mol. The smallest absolute Gasteiger partial charge is 0.480 e. The number of carbonyl (C=O) groups is 3. The fraction of sp³-hybridized carbons (Fsp3) is 0.429. The summed E-state index contributed by atoms with van der Waals surface area (Å²) in [6, 6.07) is 3.74. The molecule has 0 saturated carbocycles. The largest absolute Gasteiger partial charge is 0.490 e. The zero-order chi connectivity index (χ0) is 29.2. The molecule has 0 spiro atoms. The van der Waals surface area contributed by atoms with Crippen LogP contribution < -0.4 is 22.1 Å². The van der Waals surface area contributed by atoms with Crippen LogP contribution in [0.25, 0.3) is 0 Å². The third-order valence-electron chi connectivity index (χ3n) is 4.76. The molecule has 2 amide bonds. The van der Waals surface area contributed by atoms with E-state index < -0.39 is 66.8 Å². The number of amides is 2. The van der Waals surface area contributed by atoms with Crippen LogP contribution in [-0.4, -0.2) is 87.3 Å². The normalized spacial score (nSPS) is 20.3. The Morgan fingerprint density at radius 2 is 1.76 bits per heavy atom. The number of nitrogens with zero attached hydrogens (tertiary/aromatic N) is 1. The molecule has 1 aliphatic heterocycles. The van der Waals surface area contributed by atoms with Crippen LogP contribution in [0.2, 0.25) is 0 Å². The van der Waals surface area contributed by atoms with Gasteiger partial charge in [0.25, 0.3) is 5.91 Å². The quantitative estimate of drug-likeness (QED) is 0.102. The van der Waals surface area contributed by atoms with Crippen LogP contribution in [-0.2, 0) is 25.7 Å². The van der Waals surface area contributed by atoms with E-state index in [1.807, 2.05) is 0 Å².